The van der Waals surface area contributed by atoms with Gasteiger partial charge in [-0.3, -0.25) is 9.36 Å². The van der Waals surface area contributed by atoms with Gasteiger partial charge in [0.05, 0.1) is 0 Å². The summed E-state index contributed by atoms with van der Waals surface area (Å²) in [5.74, 6) is -0.0800. The maximum absolute atomic E-state index is 12.3. The molecule has 1 N–H and O–H groups in total. The third kappa shape index (κ3) is 4.03. The van der Waals surface area contributed by atoms with Crippen LogP contribution in [-0.4, -0.2) is 40.3 Å². The maximum Gasteiger partial charge on any atom is 0.251 e. The Balaban J connectivity index is 1.57. The quantitative estimate of drug-likeness (QED) is 0.752. The van der Waals surface area contributed by atoms with Crippen LogP contribution in [-0.2, 0) is 0 Å². The number of likely N-dealkylation sites (N-methyl/N-ethyl adjacent to an activating group) is 1. The van der Waals surface area contributed by atoms with Gasteiger partial charge in [0.1, 0.15) is 12.7 Å². The highest BCUT2D eigenvalue weighted by atomic mass is 16.1. The van der Waals surface area contributed by atoms with Crippen molar-refractivity contribution in [1.82, 2.24) is 20.1 Å². The molecule has 1 aromatic heterocycles. The number of benzene rings is 2. The van der Waals surface area contributed by atoms with Crippen molar-refractivity contribution in [3.05, 3.63) is 72.8 Å². The van der Waals surface area contributed by atoms with Crippen LogP contribution in [0.25, 0.3) is 5.69 Å². The first-order chi connectivity index (χ1) is 12.1. The molecule has 0 fully saturated rings. The predicted octanol–water partition coefficient (Wildman–Crippen LogP) is 2.52. The van der Waals surface area contributed by atoms with E-state index >= 15 is 0 Å². The van der Waals surface area contributed by atoms with E-state index in [0.29, 0.717) is 12.1 Å². The molecule has 0 aliphatic heterocycles. The molecule has 0 saturated carbocycles. The van der Waals surface area contributed by atoms with E-state index in [-0.39, 0.29) is 11.9 Å². The lowest BCUT2D eigenvalue weighted by atomic mass is 10.2. The van der Waals surface area contributed by atoms with Gasteiger partial charge in [-0.25, -0.2) is 0 Å². The molecule has 0 aliphatic carbocycles. The monoisotopic (exact) mass is 335 g/mol. The van der Waals surface area contributed by atoms with E-state index in [1.54, 1.807) is 29.4 Å². The Kier molecular flexibility index (Phi) is 5.09. The first-order valence-electron chi connectivity index (χ1n) is 8.16. The Bertz CT molecular complexity index is 800. The van der Waals surface area contributed by atoms with Crippen LogP contribution in [0.2, 0.25) is 0 Å². The maximum atomic E-state index is 12.3. The molecule has 25 heavy (non-hydrogen) atoms. The molecule has 1 amide bonds. The summed E-state index contributed by atoms with van der Waals surface area (Å²) in [6.45, 7) is 2.65. The molecule has 0 saturated heterocycles. The third-order valence-electron chi connectivity index (χ3n) is 4.23. The molecule has 6 nitrogen and oxygen atoms in total. The van der Waals surface area contributed by atoms with Crippen molar-refractivity contribution in [1.29, 1.82) is 0 Å². The van der Waals surface area contributed by atoms with Gasteiger partial charge >= 0.3 is 0 Å². The van der Waals surface area contributed by atoms with E-state index in [1.165, 1.54) is 0 Å². The topological polar surface area (TPSA) is 63.1 Å². The minimum absolute atomic E-state index is 0.0800. The van der Waals surface area contributed by atoms with Crippen LogP contribution in [0, 0.1) is 0 Å². The normalized spacial score (nSPS) is 11.8. The van der Waals surface area contributed by atoms with Gasteiger partial charge in [0.2, 0.25) is 0 Å². The molecular weight excluding hydrogens is 314 g/mol. The number of anilines is 1. The first kappa shape index (κ1) is 16.7. The molecule has 0 spiro atoms. The second-order valence-electron chi connectivity index (χ2n) is 5.92. The third-order valence-corrected chi connectivity index (χ3v) is 4.23. The number of nitrogens with zero attached hydrogens (tertiary/aromatic N) is 4. The number of aromatic nitrogens is 3. The summed E-state index contributed by atoms with van der Waals surface area (Å²) in [4.78, 5) is 14.5. The van der Waals surface area contributed by atoms with E-state index in [1.807, 2.05) is 37.4 Å². The zero-order chi connectivity index (χ0) is 17.6. The van der Waals surface area contributed by atoms with Crippen molar-refractivity contribution in [3.63, 3.8) is 0 Å². The van der Waals surface area contributed by atoms with Gasteiger partial charge in [0, 0.05) is 36.6 Å². The van der Waals surface area contributed by atoms with E-state index in [2.05, 4.69) is 39.5 Å². The van der Waals surface area contributed by atoms with Crippen LogP contribution in [0.15, 0.2) is 67.3 Å². The fourth-order valence-electron chi connectivity index (χ4n) is 2.52. The van der Waals surface area contributed by atoms with E-state index in [4.69, 9.17) is 0 Å². The number of amides is 1. The second kappa shape index (κ2) is 7.61. The molecule has 1 heterocycles. The smallest absolute Gasteiger partial charge is 0.251 e. The lowest BCUT2D eigenvalue weighted by molar-refractivity contribution is 0.0951. The molecule has 0 bridgehead atoms. The van der Waals surface area contributed by atoms with Gasteiger partial charge < -0.3 is 10.2 Å². The van der Waals surface area contributed by atoms with Gasteiger partial charge in [0.25, 0.3) is 5.91 Å². The largest absolute Gasteiger partial charge is 0.370 e. The zero-order valence-electron chi connectivity index (χ0n) is 14.3. The van der Waals surface area contributed by atoms with Crippen molar-refractivity contribution in [3.8, 4) is 5.69 Å². The molecule has 3 rings (SSSR count). The van der Waals surface area contributed by atoms with Crippen LogP contribution in [0.1, 0.15) is 17.3 Å². The van der Waals surface area contributed by atoms with Gasteiger partial charge in [-0.05, 0) is 43.3 Å². The van der Waals surface area contributed by atoms with Gasteiger partial charge in [-0.1, -0.05) is 18.2 Å². The van der Waals surface area contributed by atoms with Crippen molar-refractivity contribution in [2.24, 2.45) is 0 Å². The highest BCUT2D eigenvalue weighted by molar-refractivity contribution is 5.94. The molecule has 1 atom stereocenters. The minimum atomic E-state index is -0.0800. The standard InChI is InChI=1S/C19H21N5O/c1-15(23(2)17-6-4-3-5-7-17)12-20-19(25)16-8-10-18(11-9-16)24-13-21-22-14-24/h3-11,13-15H,12H2,1-2H3,(H,20,25)/t15-/m0/s1. The summed E-state index contributed by atoms with van der Waals surface area (Å²) in [6.07, 6.45) is 3.24. The summed E-state index contributed by atoms with van der Waals surface area (Å²) in [5, 5.41) is 10.5. The Morgan fingerprint density at radius 1 is 1.08 bits per heavy atom. The van der Waals surface area contributed by atoms with Crippen molar-refractivity contribution in [2.75, 3.05) is 18.5 Å². The van der Waals surface area contributed by atoms with Crippen LogP contribution >= 0.6 is 0 Å². The molecule has 2 aromatic carbocycles. The molecule has 128 valence electrons. The van der Waals surface area contributed by atoms with Crippen LogP contribution in [0.3, 0.4) is 0 Å². The highest BCUT2D eigenvalue weighted by Gasteiger charge is 2.12. The van der Waals surface area contributed by atoms with E-state index < -0.39 is 0 Å². The fourth-order valence-corrected chi connectivity index (χ4v) is 2.52. The summed E-state index contributed by atoms with van der Waals surface area (Å²) < 4.78 is 1.79. The Morgan fingerprint density at radius 2 is 1.72 bits per heavy atom. The van der Waals surface area contributed by atoms with Gasteiger partial charge in [-0.15, -0.1) is 10.2 Å². The Morgan fingerprint density at radius 3 is 2.36 bits per heavy atom. The Hall–Kier alpha value is -3.15. The molecular formula is C19H21N5O. The Labute approximate surface area is 147 Å². The lowest BCUT2D eigenvalue weighted by Crippen LogP contribution is -2.40. The van der Waals surface area contributed by atoms with Gasteiger partial charge in [-0.2, -0.15) is 0 Å². The molecule has 3 aromatic rings. The minimum Gasteiger partial charge on any atom is -0.370 e. The molecule has 0 radical (unpaired) electrons. The second-order valence-corrected chi connectivity index (χ2v) is 5.92. The first-order valence-corrected chi connectivity index (χ1v) is 8.16. The molecule has 0 unspecified atom stereocenters. The number of para-hydroxylation sites is 1. The van der Waals surface area contributed by atoms with Crippen molar-refractivity contribution < 1.29 is 4.79 Å². The number of nitrogens with one attached hydrogen (secondary N) is 1. The SMILES string of the molecule is C[C@@H](CNC(=O)c1ccc(-n2cnnc2)cc1)N(C)c1ccccc1. The van der Waals surface area contributed by atoms with Crippen LogP contribution in [0.4, 0.5) is 5.69 Å². The van der Waals surface area contributed by atoms with Crippen molar-refractivity contribution >= 4 is 11.6 Å². The van der Waals surface area contributed by atoms with Gasteiger partial charge in [0.15, 0.2) is 0 Å². The number of rotatable bonds is 6. The lowest BCUT2D eigenvalue weighted by Gasteiger charge is -2.27. The summed E-state index contributed by atoms with van der Waals surface area (Å²) >= 11 is 0. The van der Waals surface area contributed by atoms with Crippen LogP contribution < -0.4 is 10.2 Å². The molecule has 0 aliphatic rings. The number of carbonyl (C=O) groups excluding carboxylic acids is 1. The summed E-state index contributed by atoms with van der Waals surface area (Å²) in [5.41, 5.74) is 2.67. The summed E-state index contributed by atoms with van der Waals surface area (Å²) in [7, 11) is 2.03. The summed E-state index contributed by atoms with van der Waals surface area (Å²) in [6, 6.07) is 17.7. The van der Waals surface area contributed by atoms with E-state index in [9.17, 15) is 4.79 Å². The molecule has 6 heteroatoms. The zero-order valence-corrected chi connectivity index (χ0v) is 14.3. The van der Waals surface area contributed by atoms with Crippen molar-refractivity contribution in [2.45, 2.75) is 13.0 Å². The highest BCUT2D eigenvalue weighted by Crippen LogP contribution is 2.14. The van der Waals surface area contributed by atoms with E-state index in [0.717, 1.165) is 11.4 Å². The number of hydrogen-bond donors (Lipinski definition) is 1. The van der Waals surface area contributed by atoms with Crippen LogP contribution in [0.5, 0.6) is 0 Å². The predicted molar refractivity (Wildman–Crippen MR) is 98.0 cm³/mol. The number of carbonyl (C=O) groups is 1. The fraction of sp³-hybridized carbons (Fsp3) is 0.211. The average molecular weight is 335 g/mol. The average Bonchev–Trinajstić information content (AvgIpc) is 3.21. The number of hydrogen-bond acceptors (Lipinski definition) is 4.